The molecule has 0 radical (unpaired) electrons. The molecule has 0 unspecified atom stereocenters. The number of halogens is 1. The quantitative estimate of drug-likeness (QED) is 0.667. The lowest BCUT2D eigenvalue weighted by Crippen LogP contribution is -2.50. The first-order valence-corrected chi connectivity index (χ1v) is 7.36. The van der Waals surface area contributed by atoms with Crippen molar-refractivity contribution in [2.24, 2.45) is 0 Å². The first-order chi connectivity index (χ1) is 9.52. The maximum absolute atomic E-state index is 11.2. The Balaban J connectivity index is 2.13. The molecular formula is C13H18BrN3O3. The van der Waals surface area contributed by atoms with Crippen molar-refractivity contribution in [3.05, 3.63) is 32.8 Å². The predicted molar refractivity (Wildman–Crippen MR) is 81.1 cm³/mol. The second kappa shape index (κ2) is 6.51. The lowest BCUT2D eigenvalue weighted by Gasteiger charge is -2.38. The van der Waals surface area contributed by atoms with Gasteiger partial charge in [-0.3, -0.25) is 15.0 Å². The molecule has 6 nitrogen and oxygen atoms in total. The van der Waals surface area contributed by atoms with Crippen LogP contribution in [0.5, 0.6) is 0 Å². The van der Waals surface area contributed by atoms with E-state index in [1.165, 1.54) is 6.07 Å². The lowest BCUT2D eigenvalue weighted by molar-refractivity contribution is -0.384. The van der Waals surface area contributed by atoms with Crippen molar-refractivity contribution in [1.29, 1.82) is 0 Å². The fraction of sp³-hybridized carbons (Fsp3) is 0.538. The van der Waals surface area contributed by atoms with Crippen LogP contribution in [-0.2, 0) is 0 Å². The zero-order chi connectivity index (χ0) is 14.7. The third-order valence-corrected chi connectivity index (χ3v) is 4.17. The van der Waals surface area contributed by atoms with Crippen molar-refractivity contribution in [2.45, 2.75) is 13.0 Å². The number of nitrogens with zero attached hydrogens (tertiary/aromatic N) is 3. The number of aliphatic hydroxyl groups excluding tert-OH is 1. The topological polar surface area (TPSA) is 69.8 Å². The molecule has 1 aromatic carbocycles. The van der Waals surface area contributed by atoms with Crippen LogP contribution >= 0.6 is 15.9 Å². The van der Waals surface area contributed by atoms with Crippen LogP contribution in [0.25, 0.3) is 0 Å². The minimum absolute atomic E-state index is 0.128. The van der Waals surface area contributed by atoms with Crippen LogP contribution in [0.3, 0.4) is 0 Å². The Bertz CT molecular complexity index is 490. The van der Waals surface area contributed by atoms with Gasteiger partial charge in [0.1, 0.15) is 5.69 Å². The standard InChI is InChI=1S/C13H18BrN3O3/c1-10(9-18)15-4-6-16(7-5-15)12-3-2-11(14)8-13(12)17(19)20/h2-3,8,10,18H,4-7,9H2,1H3/t10-/m1/s1. The highest BCUT2D eigenvalue weighted by atomic mass is 79.9. The lowest BCUT2D eigenvalue weighted by atomic mass is 10.2. The molecule has 0 aromatic heterocycles. The summed E-state index contributed by atoms with van der Waals surface area (Å²) in [6.45, 7) is 5.18. The number of anilines is 1. The molecule has 1 aliphatic heterocycles. The number of hydrogen-bond acceptors (Lipinski definition) is 5. The number of nitro benzene ring substituents is 1. The van der Waals surface area contributed by atoms with Gasteiger partial charge < -0.3 is 10.0 Å². The van der Waals surface area contributed by atoms with Gasteiger partial charge >= 0.3 is 0 Å². The van der Waals surface area contributed by atoms with E-state index in [4.69, 9.17) is 5.11 Å². The van der Waals surface area contributed by atoms with Crippen LogP contribution in [0.4, 0.5) is 11.4 Å². The molecule has 0 saturated carbocycles. The number of hydrogen-bond donors (Lipinski definition) is 1. The Morgan fingerprint density at radius 3 is 2.60 bits per heavy atom. The first kappa shape index (κ1) is 15.2. The highest BCUT2D eigenvalue weighted by Gasteiger charge is 2.25. The number of rotatable bonds is 4. The fourth-order valence-corrected chi connectivity index (χ4v) is 2.78. The first-order valence-electron chi connectivity index (χ1n) is 6.56. The van der Waals surface area contributed by atoms with E-state index in [9.17, 15) is 10.1 Å². The van der Waals surface area contributed by atoms with E-state index >= 15 is 0 Å². The van der Waals surface area contributed by atoms with Crippen LogP contribution < -0.4 is 4.90 Å². The van der Waals surface area contributed by atoms with Gasteiger partial charge in [-0.25, -0.2) is 0 Å². The maximum atomic E-state index is 11.2. The van der Waals surface area contributed by atoms with Crippen LogP contribution in [0, 0.1) is 10.1 Å². The van der Waals surface area contributed by atoms with Crippen molar-refractivity contribution < 1.29 is 10.0 Å². The average Bonchev–Trinajstić information content (AvgIpc) is 2.46. The number of aliphatic hydroxyl groups is 1. The van der Waals surface area contributed by atoms with Crippen molar-refractivity contribution in [3.63, 3.8) is 0 Å². The molecule has 20 heavy (non-hydrogen) atoms. The van der Waals surface area contributed by atoms with Gasteiger partial charge in [0.2, 0.25) is 0 Å². The van der Waals surface area contributed by atoms with Gasteiger partial charge in [0.25, 0.3) is 5.69 Å². The van der Waals surface area contributed by atoms with Crippen molar-refractivity contribution >= 4 is 27.3 Å². The monoisotopic (exact) mass is 343 g/mol. The van der Waals surface area contributed by atoms with Gasteiger partial charge in [-0.05, 0) is 19.1 Å². The summed E-state index contributed by atoms with van der Waals surface area (Å²) >= 11 is 3.27. The Labute approximate surface area is 126 Å². The van der Waals surface area contributed by atoms with Crippen LogP contribution in [0.2, 0.25) is 0 Å². The largest absolute Gasteiger partial charge is 0.395 e. The third kappa shape index (κ3) is 3.28. The maximum Gasteiger partial charge on any atom is 0.293 e. The molecule has 0 spiro atoms. The van der Waals surface area contributed by atoms with Gasteiger partial charge in [-0.2, -0.15) is 0 Å². The van der Waals surface area contributed by atoms with E-state index < -0.39 is 0 Å². The van der Waals surface area contributed by atoms with E-state index in [-0.39, 0.29) is 23.3 Å². The molecule has 0 bridgehead atoms. The Kier molecular flexibility index (Phi) is 4.95. The molecule has 7 heteroatoms. The van der Waals surface area contributed by atoms with E-state index in [0.29, 0.717) is 10.2 Å². The fourth-order valence-electron chi connectivity index (χ4n) is 2.43. The van der Waals surface area contributed by atoms with Crippen LogP contribution in [-0.4, -0.2) is 53.8 Å². The summed E-state index contributed by atoms with van der Waals surface area (Å²) in [5, 5.41) is 20.3. The minimum Gasteiger partial charge on any atom is -0.395 e. The van der Waals surface area contributed by atoms with E-state index in [0.717, 1.165) is 26.2 Å². The van der Waals surface area contributed by atoms with E-state index in [2.05, 4.69) is 20.8 Å². The second-order valence-electron chi connectivity index (χ2n) is 4.94. The summed E-state index contributed by atoms with van der Waals surface area (Å²) in [6.07, 6.45) is 0. The smallest absolute Gasteiger partial charge is 0.293 e. The minimum atomic E-state index is -0.344. The molecular weight excluding hydrogens is 326 g/mol. The second-order valence-corrected chi connectivity index (χ2v) is 5.86. The Morgan fingerprint density at radius 1 is 1.40 bits per heavy atom. The SMILES string of the molecule is C[C@H](CO)N1CCN(c2ccc(Br)cc2[N+](=O)[O-])CC1. The summed E-state index contributed by atoms with van der Waals surface area (Å²) < 4.78 is 0.709. The number of benzene rings is 1. The summed E-state index contributed by atoms with van der Waals surface area (Å²) in [4.78, 5) is 15.0. The van der Waals surface area contributed by atoms with Crippen molar-refractivity contribution in [3.8, 4) is 0 Å². The van der Waals surface area contributed by atoms with Crippen LogP contribution in [0.15, 0.2) is 22.7 Å². The highest BCUT2D eigenvalue weighted by Crippen LogP contribution is 2.31. The number of nitro groups is 1. The van der Waals surface area contributed by atoms with Gasteiger partial charge in [-0.15, -0.1) is 0 Å². The highest BCUT2D eigenvalue weighted by molar-refractivity contribution is 9.10. The van der Waals surface area contributed by atoms with Gasteiger partial charge in [0, 0.05) is 42.8 Å². The van der Waals surface area contributed by atoms with Gasteiger partial charge in [-0.1, -0.05) is 15.9 Å². The van der Waals surface area contributed by atoms with E-state index in [1.54, 1.807) is 6.07 Å². The van der Waals surface area contributed by atoms with E-state index in [1.807, 2.05) is 17.9 Å². The van der Waals surface area contributed by atoms with Gasteiger partial charge in [0.15, 0.2) is 0 Å². The molecule has 1 atom stereocenters. The Hall–Kier alpha value is -1.18. The molecule has 0 amide bonds. The molecule has 110 valence electrons. The zero-order valence-corrected chi connectivity index (χ0v) is 12.9. The molecule has 1 saturated heterocycles. The molecule has 1 aromatic rings. The zero-order valence-electron chi connectivity index (χ0n) is 11.3. The molecule has 0 aliphatic carbocycles. The molecule has 1 N–H and O–H groups in total. The predicted octanol–water partition coefficient (Wildman–Crippen LogP) is 1.86. The molecule has 1 aliphatic rings. The van der Waals surface area contributed by atoms with Crippen LogP contribution in [0.1, 0.15) is 6.92 Å². The molecule has 1 fully saturated rings. The Morgan fingerprint density at radius 2 is 2.05 bits per heavy atom. The summed E-state index contributed by atoms with van der Waals surface area (Å²) in [7, 11) is 0. The summed E-state index contributed by atoms with van der Waals surface area (Å²) in [5.74, 6) is 0. The van der Waals surface area contributed by atoms with Crippen molar-refractivity contribution in [2.75, 3.05) is 37.7 Å². The normalized spacial score (nSPS) is 18.1. The van der Waals surface area contributed by atoms with Gasteiger partial charge in [0.05, 0.1) is 11.5 Å². The number of piperazine rings is 1. The molecule has 1 heterocycles. The molecule has 2 rings (SSSR count). The average molecular weight is 344 g/mol. The summed E-state index contributed by atoms with van der Waals surface area (Å²) in [5.41, 5.74) is 0.789. The van der Waals surface area contributed by atoms with Crippen molar-refractivity contribution in [1.82, 2.24) is 4.90 Å². The third-order valence-electron chi connectivity index (χ3n) is 3.68. The summed E-state index contributed by atoms with van der Waals surface area (Å²) in [6, 6.07) is 5.29.